The van der Waals surface area contributed by atoms with Crippen molar-refractivity contribution in [1.82, 2.24) is 10.3 Å². The molecular formula is C16H19ClN2O. The van der Waals surface area contributed by atoms with Crippen molar-refractivity contribution < 1.29 is 4.74 Å². The SMILES string of the molecule is CCCNCc1cc(C)nc(Oc2ccc(Cl)cc2)c1. The fraction of sp³-hybridized carbons (Fsp3) is 0.312. The molecule has 20 heavy (non-hydrogen) atoms. The molecule has 4 heteroatoms. The van der Waals surface area contributed by atoms with Gasteiger partial charge in [0.15, 0.2) is 0 Å². The summed E-state index contributed by atoms with van der Waals surface area (Å²) in [5.41, 5.74) is 2.12. The molecule has 0 amide bonds. The molecule has 0 bridgehead atoms. The Hall–Kier alpha value is -1.58. The highest BCUT2D eigenvalue weighted by atomic mass is 35.5. The Morgan fingerprint density at radius 1 is 1.20 bits per heavy atom. The van der Waals surface area contributed by atoms with Crippen LogP contribution in [0.1, 0.15) is 24.6 Å². The van der Waals surface area contributed by atoms with Crippen LogP contribution < -0.4 is 10.1 Å². The van der Waals surface area contributed by atoms with Gasteiger partial charge in [0.05, 0.1) is 0 Å². The highest BCUT2D eigenvalue weighted by Crippen LogP contribution is 2.22. The molecule has 0 saturated heterocycles. The maximum atomic E-state index is 5.86. The van der Waals surface area contributed by atoms with E-state index in [1.54, 1.807) is 12.1 Å². The van der Waals surface area contributed by atoms with Crippen molar-refractivity contribution in [3.8, 4) is 11.6 Å². The third kappa shape index (κ3) is 4.51. The van der Waals surface area contributed by atoms with E-state index in [0.717, 1.165) is 31.0 Å². The number of hydrogen-bond acceptors (Lipinski definition) is 3. The van der Waals surface area contributed by atoms with E-state index in [-0.39, 0.29) is 0 Å². The van der Waals surface area contributed by atoms with Gasteiger partial charge in [0.25, 0.3) is 0 Å². The monoisotopic (exact) mass is 290 g/mol. The van der Waals surface area contributed by atoms with Crippen LogP contribution in [0.5, 0.6) is 11.6 Å². The molecule has 0 radical (unpaired) electrons. The average Bonchev–Trinajstić information content (AvgIpc) is 2.41. The van der Waals surface area contributed by atoms with Crippen molar-refractivity contribution >= 4 is 11.6 Å². The van der Waals surface area contributed by atoms with Gasteiger partial charge >= 0.3 is 0 Å². The first-order chi connectivity index (χ1) is 9.67. The molecule has 0 aliphatic heterocycles. The number of pyridine rings is 1. The van der Waals surface area contributed by atoms with Gasteiger partial charge in [-0.3, -0.25) is 0 Å². The van der Waals surface area contributed by atoms with Gasteiger partial charge in [-0.2, -0.15) is 0 Å². The molecule has 0 spiro atoms. The Kier molecular flexibility index (Phi) is 5.39. The van der Waals surface area contributed by atoms with Gasteiger partial charge in [-0.1, -0.05) is 18.5 Å². The molecule has 0 aliphatic rings. The summed E-state index contributed by atoms with van der Waals surface area (Å²) in [5, 5.41) is 4.07. The molecule has 2 rings (SSSR count). The molecule has 1 aromatic heterocycles. The lowest BCUT2D eigenvalue weighted by molar-refractivity contribution is 0.460. The molecule has 1 aromatic carbocycles. The summed E-state index contributed by atoms with van der Waals surface area (Å²) in [4.78, 5) is 4.40. The molecule has 0 saturated carbocycles. The lowest BCUT2D eigenvalue weighted by Crippen LogP contribution is -2.14. The van der Waals surface area contributed by atoms with Crippen molar-refractivity contribution in [3.05, 3.63) is 52.7 Å². The first-order valence-corrected chi connectivity index (χ1v) is 7.17. The number of ether oxygens (including phenoxy) is 1. The zero-order valence-corrected chi connectivity index (χ0v) is 12.6. The van der Waals surface area contributed by atoms with Crippen molar-refractivity contribution in [2.75, 3.05) is 6.54 Å². The Balaban J connectivity index is 2.09. The van der Waals surface area contributed by atoms with E-state index in [0.29, 0.717) is 10.9 Å². The summed E-state index contributed by atoms with van der Waals surface area (Å²) in [6.07, 6.45) is 1.12. The minimum Gasteiger partial charge on any atom is -0.439 e. The molecule has 106 valence electrons. The third-order valence-corrected chi connectivity index (χ3v) is 3.03. The maximum Gasteiger partial charge on any atom is 0.219 e. The maximum absolute atomic E-state index is 5.86. The van der Waals surface area contributed by atoms with E-state index < -0.39 is 0 Å². The smallest absolute Gasteiger partial charge is 0.219 e. The third-order valence-electron chi connectivity index (χ3n) is 2.78. The summed E-state index contributed by atoms with van der Waals surface area (Å²) in [6.45, 7) is 5.96. The standard InChI is InChI=1S/C16H19ClN2O/c1-3-8-18-11-13-9-12(2)19-16(10-13)20-15-6-4-14(17)5-7-15/h4-7,9-10,18H,3,8,11H2,1-2H3. The highest BCUT2D eigenvalue weighted by Gasteiger charge is 2.03. The summed E-state index contributed by atoms with van der Waals surface area (Å²) in [5.74, 6) is 1.35. The highest BCUT2D eigenvalue weighted by molar-refractivity contribution is 6.30. The minimum absolute atomic E-state index is 0.612. The second-order valence-corrected chi connectivity index (χ2v) is 5.12. The fourth-order valence-electron chi connectivity index (χ4n) is 1.89. The minimum atomic E-state index is 0.612. The van der Waals surface area contributed by atoms with E-state index >= 15 is 0 Å². The molecule has 0 fully saturated rings. The second kappa shape index (κ2) is 7.27. The molecule has 1 N–H and O–H groups in total. The van der Waals surface area contributed by atoms with Crippen LogP contribution in [0, 0.1) is 6.92 Å². The van der Waals surface area contributed by atoms with Crippen molar-refractivity contribution in [3.63, 3.8) is 0 Å². The number of aryl methyl sites for hydroxylation is 1. The van der Waals surface area contributed by atoms with Crippen LogP contribution in [0.3, 0.4) is 0 Å². The Labute approximate surface area is 124 Å². The van der Waals surface area contributed by atoms with Gasteiger partial charge in [-0.25, -0.2) is 4.98 Å². The van der Waals surface area contributed by atoms with Crippen LogP contribution in [0.4, 0.5) is 0 Å². The summed E-state index contributed by atoms with van der Waals surface area (Å²) in [6, 6.07) is 11.3. The van der Waals surface area contributed by atoms with E-state index in [4.69, 9.17) is 16.3 Å². The Morgan fingerprint density at radius 3 is 2.65 bits per heavy atom. The molecule has 0 unspecified atom stereocenters. The predicted octanol–water partition coefficient (Wildman–Crippen LogP) is 4.34. The molecule has 3 nitrogen and oxygen atoms in total. The van der Waals surface area contributed by atoms with E-state index in [1.165, 1.54) is 5.56 Å². The van der Waals surface area contributed by atoms with Crippen LogP contribution >= 0.6 is 11.6 Å². The number of benzene rings is 1. The molecule has 1 heterocycles. The normalized spacial score (nSPS) is 10.6. The quantitative estimate of drug-likeness (QED) is 0.804. The molecule has 2 aromatic rings. The van der Waals surface area contributed by atoms with E-state index in [1.807, 2.05) is 25.1 Å². The van der Waals surface area contributed by atoms with Crippen LogP contribution in [0.15, 0.2) is 36.4 Å². The lowest BCUT2D eigenvalue weighted by Gasteiger charge is -2.09. The predicted molar refractivity (Wildman–Crippen MR) is 82.5 cm³/mol. The van der Waals surface area contributed by atoms with Gasteiger partial charge < -0.3 is 10.1 Å². The zero-order chi connectivity index (χ0) is 14.4. The fourth-order valence-corrected chi connectivity index (χ4v) is 2.02. The summed E-state index contributed by atoms with van der Waals surface area (Å²) >= 11 is 5.86. The zero-order valence-electron chi connectivity index (χ0n) is 11.8. The summed E-state index contributed by atoms with van der Waals surface area (Å²) in [7, 11) is 0. The van der Waals surface area contributed by atoms with Gasteiger partial charge in [0, 0.05) is 23.3 Å². The topological polar surface area (TPSA) is 34.2 Å². The average molecular weight is 291 g/mol. The molecular weight excluding hydrogens is 272 g/mol. The number of nitrogens with zero attached hydrogens (tertiary/aromatic N) is 1. The van der Waals surface area contributed by atoms with E-state index in [9.17, 15) is 0 Å². The first kappa shape index (κ1) is 14.8. The Morgan fingerprint density at radius 2 is 1.95 bits per heavy atom. The van der Waals surface area contributed by atoms with Gasteiger partial charge in [0.2, 0.25) is 5.88 Å². The number of aromatic nitrogens is 1. The van der Waals surface area contributed by atoms with Gasteiger partial charge in [0.1, 0.15) is 5.75 Å². The number of halogens is 1. The van der Waals surface area contributed by atoms with Crippen LogP contribution in [0.25, 0.3) is 0 Å². The van der Waals surface area contributed by atoms with Crippen molar-refractivity contribution in [2.24, 2.45) is 0 Å². The van der Waals surface area contributed by atoms with Crippen molar-refractivity contribution in [1.29, 1.82) is 0 Å². The van der Waals surface area contributed by atoms with Crippen LogP contribution in [-0.4, -0.2) is 11.5 Å². The van der Waals surface area contributed by atoms with Gasteiger partial charge in [-0.05, 0) is 55.8 Å². The number of hydrogen-bond donors (Lipinski definition) is 1. The largest absolute Gasteiger partial charge is 0.439 e. The number of nitrogens with one attached hydrogen (secondary N) is 1. The van der Waals surface area contributed by atoms with E-state index in [2.05, 4.69) is 23.3 Å². The number of rotatable bonds is 6. The van der Waals surface area contributed by atoms with Crippen molar-refractivity contribution in [2.45, 2.75) is 26.8 Å². The van der Waals surface area contributed by atoms with Crippen LogP contribution in [-0.2, 0) is 6.54 Å². The van der Waals surface area contributed by atoms with Crippen LogP contribution in [0.2, 0.25) is 5.02 Å². The first-order valence-electron chi connectivity index (χ1n) is 6.79. The second-order valence-electron chi connectivity index (χ2n) is 4.69. The Bertz CT molecular complexity index is 555. The van der Waals surface area contributed by atoms with Gasteiger partial charge in [-0.15, -0.1) is 0 Å². The molecule has 0 aliphatic carbocycles. The summed E-state index contributed by atoms with van der Waals surface area (Å²) < 4.78 is 5.76. The lowest BCUT2D eigenvalue weighted by atomic mass is 10.2. The molecule has 0 atom stereocenters.